The summed E-state index contributed by atoms with van der Waals surface area (Å²) in [7, 11) is 0. The molecule has 4 nitrogen and oxygen atoms in total. The SMILES string of the molecule is O=C1CC2CSCCN2c2ccncc2N1. The van der Waals surface area contributed by atoms with Gasteiger partial charge in [0.05, 0.1) is 17.6 Å². The number of fused-ring (bicyclic) bond motifs is 3. The van der Waals surface area contributed by atoms with Crippen molar-refractivity contribution >= 4 is 29.0 Å². The zero-order chi connectivity index (χ0) is 11.0. The van der Waals surface area contributed by atoms with Gasteiger partial charge in [-0.3, -0.25) is 9.78 Å². The Labute approximate surface area is 98.4 Å². The van der Waals surface area contributed by atoms with Crippen LogP contribution < -0.4 is 10.2 Å². The lowest BCUT2D eigenvalue weighted by molar-refractivity contribution is -0.116. The molecule has 1 atom stereocenters. The van der Waals surface area contributed by atoms with E-state index in [9.17, 15) is 4.79 Å². The monoisotopic (exact) mass is 235 g/mol. The molecule has 1 amide bonds. The molecule has 0 aliphatic carbocycles. The van der Waals surface area contributed by atoms with Gasteiger partial charge >= 0.3 is 0 Å². The number of rotatable bonds is 0. The fourth-order valence-electron chi connectivity index (χ4n) is 2.29. The number of hydrogen-bond donors (Lipinski definition) is 1. The van der Waals surface area contributed by atoms with Crippen LogP contribution in [0.15, 0.2) is 18.5 Å². The summed E-state index contributed by atoms with van der Waals surface area (Å²) in [5, 5.41) is 2.93. The lowest BCUT2D eigenvalue weighted by Crippen LogP contribution is -2.42. The molecule has 2 aliphatic heterocycles. The van der Waals surface area contributed by atoms with Crippen molar-refractivity contribution in [2.75, 3.05) is 28.3 Å². The third-order valence-corrected chi connectivity index (χ3v) is 4.12. The zero-order valence-electron chi connectivity index (χ0n) is 8.85. The van der Waals surface area contributed by atoms with Crippen molar-refractivity contribution in [3.8, 4) is 0 Å². The maximum absolute atomic E-state index is 11.7. The Morgan fingerprint density at radius 3 is 3.44 bits per heavy atom. The van der Waals surface area contributed by atoms with E-state index < -0.39 is 0 Å². The van der Waals surface area contributed by atoms with Gasteiger partial charge in [0.1, 0.15) is 0 Å². The lowest BCUT2D eigenvalue weighted by Gasteiger charge is -2.35. The van der Waals surface area contributed by atoms with Crippen LogP contribution >= 0.6 is 11.8 Å². The van der Waals surface area contributed by atoms with E-state index in [1.165, 1.54) is 0 Å². The summed E-state index contributed by atoms with van der Waals surface area (Å²) in [6, 6.07) is 2.33. The molecular formula is C11H13N3OS. The van der Waals surface area contributed by atoms with Crippen LogP contribution in [0.4, 0.5) is 11.4 Å². The van der Waals surface area contributed by atoms with Gasteiger partial charge in [-0.1, -0.05) is 0 Å². The van der Waals surface area contributed by atoms with E-state index in [-0.39, 0.29) is 5.91 Å². The van der Waals surface area contributed by atoms with Crippen LogP contribution in [0.5, 0.6) is 0 Å². The first-order valence-corrected chi connectivity index (χ1v) is 6.58. The van der Waals surface area contributed by atoms with Crippen molar-refractivity contribution in [1.29, 1.82) is 0 Å². The number of anilines is 2. The van der Waals surface area contributed by atoms with Gasteiger partial charge in [0.2, 0.25) is 5.91 Å². The molecule has 1 saturated heterocycles. The normalized spacial score (nSPS) is 24.1. The van der Waals surface area contributed by atoms with Crippen molar-refractivity contribution in [2.45, 2.75) is 12.5 Å². The number of carbonyl (C=O) groups is 1. The highest BCUT2D eigenvalue weighted by Crippen LogP contribution is 2.33. The molecule has 1 unspecified atom stereocenters. The summed E-state index contributed by atoms with van der Waals surface area (Å²) in [6.07, 6.45) is 4.11. The van der Waals surface area contributed by atoms with E-state index in [4.69, 9.17) is 0 Å². The van der Waals surface area contributed by atoms with Crippen molar-refractivity contribution in [2.24, 2.45) is 0 Å². The van der Waals surface area contributed by atoms with Gasteiger partial charge in [-0.15, -0.1) is 0 Å². The van der Waals surface area contributed by atoms with E-state index in [1.54, 1.807) is 12.4 Å². The minimum atomic E-state index is 0.101. The van der Waals surface area contributed by atoms with Gasteiger partial charge in [-0.25, -0.2) is 0 Å². The molecule has 1 fully saturated rings. The minimum Gasteiger partial charge on any atom is -0.365 e. The maximum atomic E-state index is 11.7. The third-order valence-electron chi connectivity index (χ3n) is 3.03. The average molecular weight is 235 g/mol. The summed E-state index contributed by atoms with van der Waals surface area (Å²) < 4.78 is 0. The van der Waals surface area contributed by atoms with E-state index in [2.05, 4.69) is 15.2 Å². The van der Waals surface area contributed by atoms with Crippen molar-refractivity contribution in [3.63, 3.8) is 0 Å². The van der Waals surface area contributed by atoms with Crippen molar-refractivity contribution in [3.05, 3.63) is 18.5 Å². The predicted molar refractivity (Wildman–Crippen MR) is 65.9 cm³/mol. The van der Waals surface area contributed by atoms with Gasteiger partial charge in [-0.05, 0) is 6.07 Å². The Balaban J connectivity index is 2.04. The van der Waals surface area contributed by atoms with E-state index >= 15 is 0 Å². The number of hydrogen-bond acceptors (Lipinski definition) is 4. The maximum Gasteiger partial charge on any atom is 0.226 e. The molecule has 1 aromatic rings. The van der Waals surface area contributed by atoms with Crippen LogP contribution in [0.2, 0.25) is 0 Å². The zero-order valence-corrected chi connectivity index (χ0v) is 9.67. The van der Waals surface area contributed by atoms with Crippen LogP contribution in [-0.2, 0) is 4.79 Å². The summed E-state index contributed by atoms with van der Waals surface area (Å²) in [4.78, 5) is 18.1. The van der Waals surface area contributed by atoms with Crippen LogP contribution in [0, 0.1) is 0 Å². The predicted octanol–water partition coefficient (Wildman–Crippen LogP) is 1.35. The fraction of sp³-hybridized carbons (Fsp3) is 0.455. The molecule has 2 aliphatic rings. The third kappa shape index (κ3) is 1.65. The topological polar surface area (TPSA) is 45.2 Å². The Morgan fingerprint density at radius 2 is 2.50 bits per heavy atom. The smallest absolute Gasteiger partial charge is 0.226 e. The highest BCUT2D eigenvalue weighted by molar-refractivity contribution is 7.99. The number of nitrogens with zero attached hydrogens (tertiary/aromatic N) is 2. The highest BCUT2D eigenvalue weighted by atomic mass is 32.2. The second kappa shape index (κ2) is 3.97. The first-order chi connectivity index (χ1) is 7.84. The van der Waals surface area contributed by atoms with E-state index in [1.807, 2.05) is 17.8 Å². The first-order valence-electron chi connectivity index (χ1n) is 5.43. The molecule has 5 heteroatoms. The van der Waals surface area contributed by atoms with Crippen LogP contribution in [0.3, 0.4) is 0 Å². The number of nitrogens with one attached hydrogen (secondary N) is 1. The molecule has 0 saturated carbocycles. The summed E-state index contributed by atoms with van der Waals surface area (Å²) in [6.45, 7) is 1.02. The van der Waals surface area contributed by atoms with Gasteiger partial charge < -0.3 is 10.2 Å². The number of carbonyl (C=O) groups excluding carboxylic acids is 1. The number of amides is 1. The number of aromatic nitrogens is 1. The van der Waals surface area contributed by atoms with E-state index in [0.29, 0.717) is 12.5 Å². The molecule has 0 radical (unpaired) electrons. The van der Waals surface area contributed by atoms with Gasteiger partial charge in [0.15, 0.2) is 0 Å². The molecule has 0 spiro atoms. The fourth-order valence-corrected chi connectivity index (χ4v) is 3.35. The van der Waals surface area contributed by atoms with Gasteiger partial charge in [0, 0.05) is 36.7 Å². The largest absolute Gasteiger partial charge is 0.365 e. The summed E-state index contributed by atoms with van der Waals surface area (Å²) in [5.74, 6) is 2.27. The molecule has 3 heterocycles. The standard InChI is InChI=1S/C11H13N3OS/c15-11-5-8-7-16-4-3-14(8)10-1-2-12-6-9(10)13-11/h1-2,6,8H,3-5,7H2,(H,13,15). The molecule has 3 rings (SSSR count). The molecule has 1 aromatic heterocycles. The van der Waals surface area contributed by atoms with Crippen molar-refractivity contribution < 1.29 is 4.79 Å². The Bertz CT molecular complexity index is 423. The first kappa shape index (κ1) is 9.96. The van der Waals surface area contributed by atoms with Crippen LogP contribution in [0.1, 0.15) is 6.42 Å². The van der Waals surface area contributed by atoms with Crippen molar-refractivity contribution in [1.82, 2.24) is 4.98 Å². The molecule has 0 aromatic carbocycles. The van der Waals surface area contributed by atoms with Gasteiger partial charge in [-0.2, -0.15) is 11.8 Å². The highest BCUT2D eigenvalue weighted by Gasteiger charge is 2.30. The lowest BCUT2D eigenvalue weighted by atomic mass is 10.2. The second-order valence-electron chi connectivity index (χ2n) is 4.07. The van der Waals surface area contributed by atoms with E-state index in [0.717, 1.165) is 29.4 Å². The summed E-state index contributed by atoms with van der Waals surface area (Å²) >= 11 is 1.93. The molecule has 84 valence electrons. The molecule has 1 N–H and O–H groups in total. The van der Waals surface area contributed by atoms with Crippen LogP contribution in [0.25, 0.3) is 0 Å². The number of thioether (sulfide) groups is 1. The quantitative estimate of drug-likeness (QED) is 0.737. The Morgan fingerprint density at radius 1 is 1.56 bits per heavy atom. The Kier molecular flexibility index (Phi) is 2.47. The average Bonchev–Trinajstić information content (AvgIpc) is 2.44. The molecule has 0 bridgehead atoms. The Hall–Kier alpha value is -1.23. The molecular weight excluding hydrogens is 222 g/mol. The van der Waals surface area contributed by atoms with Gasteiger partial charge in [0.25, 0.3) is 0 Å². The number of pyridine rings is 1. The minimum absolute atomic E-state index is 0.101. The molecule has 16 heavy (non-hydrogen) atoms. The van der Waals surface area contributed by atoms with Crippen LogP contribution in [-0.4, -0.2) is 35.0 Å². The summed E-state index contributed by atoms with van der Waals surface area (Å²) in [5.41, 5.74) is 1.97. The second-order valence-corrected chi connectivity index (χ2v) is 5.22.